The van der Waals surface area contributed by atoms with Gasteiger partial charge in [0, 0.05) is 17.6 Å². The van der Waals surface area contributed by atoms with Gasteiger partial charge in [-0.05, 0) is 36.2 Å². The largest absolute Gasteiger partial charge is 0.387 e. The normalized spacial score (nSPS) is 11.8. The Morgan fingerprint density at radius 2 is 1.83 bits per heavy atom. The molecule has 0 bridgehead atoms. The molecule has 0 spiro atoms. The molecule has 1 atom stereocenters. The molecule has 7 nitrogen and oxygen atoms in total. The first-order chi connectivity index (χ1) is 14.0. The summed E-state index contributed by atoms with van der Waals surface area (Å²) in [6.45, 7) is 1.18. The van der Waals surface area contributed by atoms with Gasteiger partial charge in [0.15, 0.2) is 5.13 Å². The molecule has 0 aliphatic heterocycles. The number of nitrogen functional groups attached to an aromatic ring is 1. The summed E-state index contributed by atoms with van der Waals surface area (Å²) in [5.41, 5.74) is 8.02. The molecule has 29 heavy (non-hydrogen) atoms. The number of hydrogen-bond acceptors (Lipinski definition) is 7. The lowest BCUT2D eigenvalue weighted by Gasteiger charge is -2.12. The van der Waals surface area contributed by atoms with Crippen molar-refractivity contribution in [3.8, 4) is 0 Å². The molecule has 0 aliphatic rings. The maximum Gasteiger partial charge on any atom is 0.298 e. The lowest BCUT2D eigenvalue weighted by molar-refractivity contribution is -0.112. The Kier molecular flexibility index (Phi) is 7.07. The van der Waals surface area contributed by atoms with Gasteiger partial charge in [0.2, 0.25) is 0 Å². The van der Waals surface area contributed by atoms with Crippen molar-refractivity contribution in [2.45, 2.75) is 12.5 Å². The van der Waals surface area contributed by atoms with Crippen molar-refractivity contribution in [1.82, 2.24) is 10.3 Å². The minimum Gasteiger partial charge on any atom is -0.387 e. The standard InChI is InChI=1S/C21H22N4O3S/c22-21-25-17(13-29-21)19(27)20(28)24-16-8-6-14(7-9-16)10-11-23-12-18(26)15-4-2-1-3-5-15/h1-9,13,18,23,26H,10-12H2,(H2,22,25)(H,24,28)/t18-/m0/s1. The zero-order valence-electron chi connectivity index (χ0n) is 15.7. The molecular weight excluding hydrogens is 388 g/mol. The number of benzene rings is 2. The molecule has 3 aromatic rings. The van der Waals surface area contributed by atoms with E-state index in [1.165, 1.54) is 5.38 Å². The zero-order valence-corrected chi connectivity index (χ0v) is 16.5. The summed E-state index contributed by atoms with van der Waals surface area (Å²) >= 11 is 1.11. The van der Waals surface area contributed by atoms with Crippen molar-refractivity contribution in [1.29, 1.82) is 0 Å². The summed E-state index contributed by atoms with van der Waals surface area (Å²) in [6, 6.07) is 16.8. The molecule has 0 unspecified atom stereocenters. The fraction of sp³-hybridized carbons (Fsp3) is 0.190. The average molecular weight is 410 g/mol. The minimum atomic E-state index is -0.750. The highest BCUT2D eigenvalue weighted by molar-refractivity contribution is 7.13. The van der Waals surface area contributed by atoms with Crippen LogP contribution in [0.5, 0.6) is 0 Å². The van der Waals surface area contributed by atoms with Crippen LogP contribution in [0.2, 0.25) is 0 Å². The summed E-state index contributed by atoms with van der Waals surface area (Å²) in [6.07, 6.45) is 0.228. The number of amides is 1. The van der Waals surface area contributed by atoms with E-state index in [1.54, 1.807) is 12.1 Å². The van der Waals surface area contributed by atoms with Crippen LogP contribution in [0.1, 0.15) is 27.7 Å². The number of carbonyl (C=O) groups is 2. The third kappa shape index (κ3) is 5.95. The van der Waals surface area contributed by atoms with Gasteiger partial charge in [-0.15, -0.1) is 11.3 Å². The van der Waals surface area contributed by atoms with Crippen molar-refractivity contribution in [2.75, 3.05) is 24.1 Å². The molecule has 0 fully saturated rings. The molecule has 3 rings (SSSR count). The Hall–Kier alpha value is -3.07. The second kappa shape index (κ2) is 9.92. The number of hydrogen-bond donors (Lipinski definition) is 4. The number of carbonyl (C=O) groups excluding carboxylic acids is 2. The van der Waals surface area contributed by atoms with Crippen LogP contribution >= 0.6 is 11.3 Å². The summed E-state index contributed by atoms with van der Waals surface area (Å²) in [4.78, 5) is 27.9. The third-order valence-electron chi connectivity index (χ3n) is 4.29. The molecule has 1 heterocycles. The van der Waals surface area contributed by atoms with Gasteiger partial charge >= 0.3 is 0 Å². The van der Waals surface area contributed by atoms with E-state index in [1.807, 2.05) is 42.5 Å². The van der Waals surface area contributed by atoms with Gasteiger partial charge in [-0.25, -0.2) is 4.98 Å². The number of aliphatic hydroxyl groups excluding tert-OH is 1. The maximum absolute atomic E-state index is 12.0. The Labute approximate surface area is 172 Å². The molecular formula is C21H22N4O3S. The van der Waals surface area contributed by atoms with Gasteiger partial charge in [-0.2, -0.15) is 0 Å². The van der Waals surface area contributed by atoms with Gasteiger partial charge in [0.1, 0.15) is 5.69 Å². The second-order valence-electron chi connectivity index (χ2n) is 6.43. The minimum absolute atomic E-state index is 0.0467. The predicted molar refractivity (Wildman–Crippen MR) is 114 cm³/mol. The summed E-state index contributed by atoms with van der Waals surface area (Å²) in [5, 5.41) is 17.6. The van der Waals surface area contributed by atoms with Crippen LogP contribution < -0.4 is 16.4 Å². The van der Waals surface area contributed by atoms with Gasteiger partial charge in [0.25, 0.3) is 11.7 Å². The van der Waals surface area contributed by atoms with Gasteiger partial charge in [-0.3, -0.25) is 9.59 Å². The highest BCUT2D eigenvalue weighted by Gasteiger charge is 2.19. The number of thiazole rings is 1. The highest BCUT2D eigenvalue weighted by Crippen LogP contribution is 2.14. The first kappa shape index (κ1) is 20.7. The second-order valence-corrected chi connectivity index (χ2v) is 7.32. The quantitative estimate of drug-likeness (QED) is 0.244. The molecule has 8 heteroatoms. The molecule has 1 aromatic heterocycles. The lowest BCUT2D eigenvalue weighted by Crippen LogP contribution is -2.24. The van der Waals surface area contributed by atoms with Crippen molar-refractivity contribution in [3.63, 3.8) is 0 Å². The first-order valence-electron chi connectivity index (χ1n) is 9.12. The number of nitrogens with two attached hydrogens (primary N) is 1. The molecule has 0 radical (unpaired) electrons. The summed E-state index contributed by atoms with van der Waals surface area (Å²) in [5.74, 6) is -1.47. The highest BCUT2D eigenvalue weighted by atomic mass is 32.1. The molecule has 0 aliphatic carbocycles. The van der Waals surface area contributed by atoms with Crippen molar-refractivity contribution < 1.29 is 14.7 Å². The van der Waals surface area contributed by atoms with Crippen LogP contribution in [0.15, 0.2) is 60.0 Å². The van der Waals surface area contributed by atoms with E-state index in [-0.39, 0.29) is 10.8 Å². The number of aliphatic hydroxyl groups is 1. The van der Waals surface area contributed by atoms with Crippen LogP contribution in [0.25, 0.3) is 0 Å². The lowest BCUT2D eigenvalue weighted by atomic mass is 10.1. The Bertz CT molecular complexity index is 958. The molecule has 5 N–H and O–H groups in total. The number of Topliss-reactive ketones (excluding diaryl/α,β-unsaturated/α-hetero) is 1. The van der Waals surface area contributed by atoms with Crippen LogP contribution in [0, 0.1) is 0 Å². The Balaban J connectivity index is 1.43. The molecule has 2 aromatic carbocycles. The van der Waals surface area contributed by atoms with E-state index in [4.69, 9.17) is 5.73 Å². The Morgan fingerprint density at radius 3 is 2.48 bits per heavy atom. The van der Waals surface area contributed by atoms with Crippen LogP contribution in [-0.2, 0) is 11.2 Å². The van der Waals surface area contributed by atoms with E-state index in [2.05, 4.69) is 15.6 Å². The molecule has 150 valence electrons. The van der Waals surface area contributed by atoms with Crippen LogP contribution in [0.4, 0.5) is 10.8 Å². The van der Waals surface area contributed by atoms with E-state index < -0.39 is 17.8 Å². The maximum atomic E-state index is 12.0. The predicted octanol–water partition coefficient (Wildman–Crippen LogP) is 2.41. The summed E-state index contributed by atoms with van der Waals surface area (Å²) < 4.78 is 0. The number of nitrogens with one attached hydrogen (secondary N) is 2. The number of ketones is 1. The van der Waals surface area contributed by atoms with Crippen molar-refractivity contribution in [3.05, 3.63) is 76.8 Å². The number of aromatic nitrogens is 1. The van der Waals surface area contributed by atoms with Crippen molar-refractivity contribution in [2.24, 2.45) is 0 Å². The van der Waals surface area contributed by atoms with Gasteiger partial charge in [-0.1, -0.05) is 42.5 Å². The van der Waals surface area contributed by atoms with E-state index in [9.17, 15) is 14.7 Å². The monoisotopic (exact) mass is 410 g/mol. The Morgan fingerprint density at radius 1 is 1.10 bits per heavy atom. The van der Waals surface area contributed by atoms with E-state index in [0.717, 1.165) is 28.9 Å². The van der Waals surface area contributed by atoms with Crippen LogP contribution in [0.3, 0.4) is 0 Å². The van der Waals surface area contributed by atoms with Gasteiger partial charge < -0.3 is 21.5 Å². The molecule has 0 saturated carbocycles. The average Bonchev–Trinajstić information content (AvgIpc) is 3.18. The van der Waals surface area contributed by atoms with E-state index >= 15 is 0 Å². The molecule has 1 amide bonds. The fourth-order valence-corrected chi connectivity index (χ4v) is 3.26. The first-order valence-corrected chi connectivity index (χ1v) is 10.0. The van der Waals surface area contributed by atoms with Crippen LogP contribution in [-0.4, -0.2) is 34.9 Å². The zero-order chi connectivity index (χ0) is 20.6. The number of nitrogens with zero attached hydrogens (tertiary/aromatic N) is 1. The molecule has 0 saturated heterocycles. The smallest absolute Gasteiger partial charge is 0.298 e. The van der Waals surface area contributed by atoms with E-state index in [0.29, 0.717) is 18.8 Å². The summed E-state index contributed by atoms with van der Waals surface area (Å²) in [7, 11) is 0. The van der Waals surface area contributed by atoms with Crippen molar-refractivity contribution >= 4 is 33.8 Å². The number of rotatable bonds is 9. The topological polar surface area (TPSA) is 117 Å². The fourth-order valence-electron chi connectivity index (χ4n) is 2.72. The SMILES string of the molecule is Nc1nc(C(=O)C(=O)Nc2ccc(CCNC[C@H](O)c3ccccc3)cc2)cs1. The number of anilines is 2. The third-order valence-corrected chi connectivity index (χ3v) is 4.96. The van der Waals surface area contributed by atoms with Gasteiger partial charge in [0.05, 0.1) is 6.10 Å².